The highest BCUT2D eigenvalue weighted by atomic mass is 35.5. The van der Waals surface area contributed by atoms with E-state index in [4.69, 9.17) is 23.2 Å². The lowest BCUT2D eigenvalue weighted by atomic mass is 10.2. The van der Waals surface area contributed by atoms with Crippen LogP contribution < -0.4 is 5.43 Å². The quantitative estimate of drug-likeness (QED) is 0.475. The molecule has 6 nitrogen and oxygen atoms in total. The van der Waals surface area contributed by atoms with E-state index in [0.717, 1.165) is 14.2 Å². The van der Waals surface area contributed by atoms with Crippen LogP contribution in [0.1, 0.15) is 12.0 Å². The zero-order valence-corrected chi connectivity index (χ0v) is 13.8. The minimum Gasteiger partial charge on any atom is -0.469 e. The number of halogens is 5. The summed E-state index contributed by atoms with van der Waals surface area (Å²) in [5.41, 5.74) is 0.659. The first-order valence-electron chi connectivity index (χ1n) is 6.14. The van der Waals surface area contributed by atoms with Crippen LogP contribution in [0.15, 0.2) is 17.2 Å². The third-order valence-corrected chi connectivity index (χ3v) is 3.23. The van der Waals surface area contributed by atoms with Gasteiger partial charge in [0.1, 0.15) is 0 Å². The van der Waals surface area contributed by atoms with E-state index in [9.17, 15) is 22.8 Å². The number of benzene rings is 1. The second kappa shape index (κ2) is 8.20. The van der Waals surface area contributed by atoms with Crippen molar-refractivity contribution in [1.29, 1.82) is 0 Å². The fraction of sp³-hybridized carbons (Fsp3) is 0.308. The fourth-order valence-electron chi connectivity index (χ4n) is 1.45. The SMILES string of the molecule is COC(=O)CC(=NNc1c(Cl)cc(C(F)(F)F)cc1Cl)C(=O)OC. The van der Waals surface area contributed by atoms with E-state index in [-0.39, 0.29) is 21.4 Å². The highest BCUT2D eigenvalue weighted by Crippen LogP contribution is 2.38. The molecule has 0 fully saturated rings. The summed E-state index contributed by atoms with van der Waals surface area (Å²) in [6.45, 7) is 0. The number of methoxy groups -OCH3 is 2. The molecule has 0 aliphatic rings. The summed E-state index contributed by atoms with van der Waals surface area (Å²) in [6, 6.07) is 1.28. The Morgan fingerprint density at radius 2 is 1.71 bits per heavy atom. The molecule has 0 saturated carbocycles. The minimum absolute atomic E-state index is 0.169. The predicted octanol–water partition coefficient (Wildman–Crippen LogP) is 3.52. The topological polar surface area (TPSA) is 77.0 Å². The molecule has 1 aromatic carbocycles. The largest absolute Gasteiger partial charge is 0.469 e. The number of hydrogen-bond donors (Lipinski definition) is 1. The van der Waals surface area contributed by atoms with Crippen molar-refractivity contribution in [2.75, 3.05) is 19.6 Å². The third kappa shape index (κ3) is 5.27. The normalized spacial score (nSPS) is 11.9. The molecule has 0 atom stereocenters. The van der Waals surface area contributed by atoms with Crippen molar-refractivity contribution in [2.24, 2.45) is 5.10 Å². The molecule has 0 aliphatic carbocycles. The lowest BCUT2D eigenvalue weighted by Crippen LogP contribution is -2.21. The second-order valence-corrected chi connectivity index (χ2v) is 5.04. The molecule has 0 aromatic heterocycles. The molecule has 1 rings (SSSR count). The van der Waals surface area contributed by atoms with Gasteiger partial charge in [0.05, 0.1) is 41.9 Å². The molecule has 0 heterocycles. The van der Waals surface area contributed by atoms with E-state index in [1.54, 1.807) is 0 Å². The Balaban J connectivity index is 3.13. The summed E-state index contributed by atoms with van der Waals surface area (Å²) in [6.07, 6.45) is -5.15. The van der Waals surface area contributed by atoms with Gasteiger partial charge in [0.25, 0.3) is 0 Å². The summed E-state index contributed by atoms with van der Waals surface area (Å²) in [4.78, 5) is 22.8. The summed E-state index contributed by atoms with van der Waals surface area (Å²) in [7, 11) is 2.17. The van der Waals surface area contributed by atoms with E-state index < -0.39 is 30.1 Å². The minimum atomic E-state index is -4.63. The second-order valence-electron chi connectivity index (χ2n) is 4.23. The molecule has 132 valence electrons. The molecule has 0 saturated heterocycles. The van der Waals surface area contributed by atoms with Gasteiger partial charge in [0.2, 0.25) is 0 Å². The van der Waals surface area contributed by atoms with Crippen LogP contribution in [-0.2, 0) is 25.2 Å². The number of hydrogen-bond acceptors (Lipinski definition) is 6. The molecule has 11 heteroatoms. The number of nitrogens with one attached hydrogen (secondary N) is 1. The molecule has 1 aromatic rings. The first kappa shape index (κ1) is 20.0. The number of alkyl halides is 3. The number of carbonyl (C=O) groups excluding carboxylic acids is 2. The molecule has 0 radical (unpaired) electrons. The average molecular weight is 387 g/mol. The van der Waals surface area contributed by atoms with E-state index in [2.05, 4.69) is 20.0 Å². The standard InChI is InChI=1S/C13H11Cl2F3N2O4/c1-23-10(21)5-9(12(22)24-2)19-20-11-7(14)3-6(4-8(11)15)13(16,17)18/h3-4,20H,5H2,1-2H3. The van der Waals surface area contributed by atoms with Crippen molar-refractivity contribution >= 4 is 46.5 Å². The van der Waals surface area contributed by atoms with Crippen LogP contribution in [0.25, 0.3) is 0 Å². The molecular formula is C13H11Cl2F3N2O4. The monoisotopic (exact) mass is 386 g/mol. The van der Waals surface area contributed by atoms with Crippen molar-refractivity contribution in [3.8, 4) is 0 Å². The van der Waals surface area contributed by atoms with Crippen molar-refractivity contribution in [3.05, 3.63) is 27.7 Å². The average Bonchev–Trinajstić information content (AvgIpc) is 2.50. The number of carbonyl (C=O) groups is 2. The summed E-state index contributed by atoms with van der Waals surface area (Å²) in [5, 5.41) is 2.86. The number of hydrazone groups is 1. The van der Waals surface area contributed by atoms with Crippen LogP contribution in [0.5, 0.6) is 0 Å². The lowest BCUT2D eigenvalue weighted by Gasteiger charge is -2.12. The van der Waals surface area contributed by atoms with Crippen LogP contribution in [0, 0.1) is 0 Å². The number of esters is 2. The molecule has 0 bridgehead atoms. The van der Waals surface area contributed by atoms with Crippen molar-refractivity contribution in [2.45, 2.75) is 12.6 Å². The van der Waals surface area contributed by atoms with Crippen LogP contribution >= 0.6 is 23.2 Å². The van der Waals surface area contributed by atoms with Gasteiger partial charge in [0.15, 0.2) is 5.71 Å². The number of nitrogens with zero attached hydrogens (tertiary/aromatic N) is 1. The van der Waals surface area contributed by atoms with Crippen molar-refractivity contribution < 1.29 is 32.2 Å². The molecule has 0 aliphatic heterocycles. The van der Waals surface area contributed by atoms with Gasteiger partial charge in [-0.05, 0) is 12.1 Å². The van der Waals surface area contributed by atoms with Crippen LogP contribution in [0.2, 0.25) is 10.0 Å². The van der Waals surface area contributed by atoms with Gasteiger partial charge in [-0.15, -0.1) is 0 Å². The molecule has 0 unspecified atom stereocenters. The Hall–Kier alpha value is -2.00. The summed E-state index contributed by atoms with van der Waals surface area (Å²) >= 11 is 11.5. The lowest BCUT2D eigenvalue weighted by molar-refractivity contribution is -0.140. The van der Waals surface area contributed by atoms with E-state index in [0.29, 0.717) is 12.1 Å². The Morgan fingerprint density at radius 1 is 1.17 bits per heavy atom. The maximum Gasteiger partial charge on any atom is 0.416 e. The van der Waals surface area contributed by atoms with Crippen molar-refractivity contribution in [1.82, 2.24) is 0 Å². The number of anilines is 1. The first-order valence-corrected chi connectivity index (χ1v) is 6.89. The molecule has 0 spiro atoms. The number of ether oxygens (including phenoxy) is 2. The van der Waals surface area contributed by atoms with Crippen LogP contribution in [0.4, 0.5) is 18.9 Å². The highest BCUT2D eigenvalue weighted by molar-refractivity contribution is 6.40. The molecule has 24 heavy (non-hydrogen) atoms. The maximum absolute atomic E-state index is 12.6. The molecule has 1 N–H and O–H groups in total. The zero-order valence-electron chi connectivity index (χ0n) is 12.3. The van der Waals surface area contributed by atoms with Crippen LogP contribution in [0.3, 0.4) is 0 Å². The maximum atomic E-state index is 12.6. The van der Waals surface area contributed by atoms with Gasteiger partial charge in [0, 0.05) is 0 Å². The van der Waals surface area contributed by atoms with Gasteiger partial charge in [-0.2, -0.15) is 18.3 Å². The van der Waals surface area contributed by atoms with Crippen molar-refractivity contribution in [3.63, 3.8) is 0 Å². The molecular weight excluding hydrogens is 376 g/mol. The van der Waals surface area contributed by atoms with Gasteiger partial charge in [-0.3, -0.25) is 10.2 Å². The van der Waals surface area contributed by atoms with Gasteiger partial charge >= 0.3 is 18.1 Å². The highest BCUT2D eigenvalue weighted by Gasteiger charge is 2.32. The molecule has 0 amide bonds. The Bertz CT molecular complexity index is 655. The Morgan fingerprint density at radius 3 is 2.12 bits per heavy atom. The van der Waals surface area contributed by atoms with Gasteiger partial charge < -0.3 is 9.47 Å². The smallest absolute Gasteiger partial charge is 0.416 e. The first-order chi connectivity index (χ1) is 11.1. The zero-order chi connectivity index (χ0) is 18.5. The fourth-order valence-corrected chi connectivity index (χ4v) is 2.02. The summed E-state index contributed by atoms with van der Waals surface area (Å²) < 4.78 is 46.8. The Labute approximate surface area is 144 Å². The Kier molecular flexibility index (Phi) is 6.85. The van der Waals surface area contributed by atoms with E-state index in [1.165, 1.54) is 0 Å². The summed E-state index contributed by atoms with van der Waals surface area (Å²) in [5.74, 6) is -1.71. The third-order valence-electron chi connectivity index (χ3n) is 2.63. The van der Waals surface area contributed by atoms with Crippen LogP contribution in [-0.4, -0.2) is 31.9 Å². The van der Waals surface area contributed by atoms with E-state index >= 15 is 0 Å². The number of rotatable bonds is 5. The van der Waals surface area contributed by atoms with E-state index in [1.807, 2.05) is 0 Å². The van der Waals surface area contributed by atoms with Gasteiger partial charge in [-0.25, -0.2) is 4.79 Å². The van der Waals surface area contributed by atoms with Gasteiger partial charge in [-0.1, -0.05) is 23.2 Å². The predicted molar refractivity (Wildman–Crippen MR) is 81.2 cm³/mol.